The van der Waals surface area contributed by atoms with Gasteiger partial charge in [0.05, 0.1) is 17.4 Å². The molecule has 2 aromatic rings. The van der Waals surface area contributed by atoms with Crippen molar-refractivity contribution >= 4 is 34.4 Å². The van der Waals surface area contributed by atoms with Gasteiger partial charge in [-0.1, -0.05) is 24.3 Å². The van der Waals surface area contributed by atoms with Gasteiger partial charge in [-0.05, 0) is 24.4 Å². The molecule has 6 heteroatoms. The molecule has 0 fully saturated rings. The summed E-state index contributed by atoms with van der Waals surface area (Å²) in [6.07, 6.45) is 1.58. The predicted molar refractivity (Wildman–Crippen MR) is 72.4 cm³/mol. The molecule has 0 spiro atoms. The van der Waals surface area contributed by atoms with Crippen LogP contribution in [0.2, 0.25) is 0 Å². The molecule has 1 heterocycles. The normalized spacial score (nSPS) is 10.6. The Morgan fingerprint density at radius 3 is 2.94 bits per heavy atom. The van der Waals surface area contributed by atoms with Crippen molar-refractivity contribution in [3.8, 4) is 0 Å². The maximum atomic E-state index is 5.08. The zero-order chi connectivity index (χ0) is 12.1. The van der Waals surface area contributed by atoms with Gasteiger partial charge in [0, 0.05) is 5.39 Å². The zero-order valence-corrected chi connectivity index (χ0v) is 9.74. The number of benzene rings is 1. The highest BCUT2D eigenvalue weighted by atomic mass is 32.1. The van der Waals surface area contributed by atoms with Crippen LogP contribution in [0.15, 0.2) is 41.5 Å². The van der Waals surface area contributed by atoms with E-state index in [1.165, 1.54) is 0 Å². The van der Waals surface area contributed by atoms with E-state index in [-0.39, 0.29) is 5.11 Å². The van der Waals surface area contributed by atoms with Crippen molar-refractivity contribution in [3.63, 3.8) is 0 Å². The Morgan fingerprint density at radius 1 is 1.29 bits per heavy atom. The second-order valence-corrected chi connectivity index (χ2v) is 3.68. The fourth-order valence-corrected chi connectivity index (χ4v) is 1.40. The fraction of sp³-hybridized carbons (Fsp3) is 0. The number of nitrogens with two attached hydrogens (primary N) is 1. The van der Waals surface area contributed by atoms with Gasteiger partial charge in [0.15, 0.2) is 0 Å². The number of hydrazone groups is 1. The number of hydrazine groups is 1. The molecular formula is C11H11N5S. The van der Waals surface area contributed by atoms with Gasteiger partial charge in [0.2, 0.25) is 5.11 Å². The molecule has 0 aliphatic carbocycles. The Morgan fingerprint density at radius 2 is 2.12 bits per heavy atom. The molecule has 0 aliphatic rings. The van der Waals surface area contributed by atoms with Crippen molar-refractivity contribution in [3.05, 3.63) is 42.1 Å². The van der Waals surface area contributed by atoms with Crippen LogP contribution in [0.3, 0.4) is 0 Å². The lowest BCUT2D eigenvalue weighted by atomic mass is 10.2. The van der Waals surface area contributed by atoms with Crippen LogP contribution in [0.5, 0.6) is 0 Å². The Balaban J connectivity index is 2.16. The lowest BCUT2D eigenvalue weighted by molar-refractivity contribution is 0.930. The summed E-state index contributed by atoms with van der Waals surface area (Å²) in [5, 5.41) is 5.24. The number of thiocarbonyl (C=S) groups is 1. The molecule has 2 rings (SSSR count). The van der Waals surface area contributed by atoms with E-state index in [0.717, 1.165) is 16.6 Å². The standard InChI is InChI=1S/C11H11N5S/c12-15-11(17)16-13-7-9-6-5-8-3-1-2-4-10(8)14-9/h1-7H,12H2,(H2,15,16,17). The molecule has 86 valence electrons. The first-order valence-corrected chi connectivity index (χ1v) is 5.36. The molecular weight excluding hydrogens is 234 g/mol. The monoisotopic (exact) mass is 245 g/mol. The molecule has 1 aromatic heterocycles. The van der Waals surface area contributed by atoms with Crippen LogP contribution in [0.25, 0.3) is 10.9 Å². The van der Waals surface area contributed by atoms with Gasteiger partial charge in [-0.15, -0.1) is 0 Å². The summed E-state index contributed by atoms with van der Waals surface area (Å²) < 4.78 is 0. The van der Waals surface area contributed by atoms with Crippen LogP contribution in [0.4, 0.5) is 0 Å². The van der Waals surface area contributed by atoms with Gasteiger partial charge in [-0.25, -0.2) is 10.8 Å². The molecule has 0 radical (unpaired) electrons. The third-order valence-corrected chi connectivity index (χ3v) is 2.32. The number of fused-ring (bicyclic) bond motifs is 1. The third-order valence-electron chi connectivity index (χ3n) is 2.11. The smallest absolute Gasteiger partial charge is 0.201 e. The molecule has 0 atom stereocenters. The maximum Gasteiger partial charge on any atom is 0.201 e. The van der Waals surface area contributed by atoms with E-state index >= 15 is 0 Å². The Kier molecular flexibility index (Phi) is 3.59. The molecule has 5 nitrogen and oxygen atoms in total. The summed E-state index contributed by atoms with van der Waals surface area (Å²) in [6, 6.07) is 11.8. The number of hydrogen-bond acceptors (Lipinski definition) is 4. The van der Waals surface area contributed by atoms with Gasteiger partial charge in [0.25, 0.3) is 0 Å². The van der Waals surface area contributed by atoms with Crippen LogP contribution in [-0.4, -0.2) is 16.3 Å². The first kappa shape index (κ1) is 11.4. The highest BCUT2D eigenvalue weighted by Gasteiger charge is 1.94. The first-order valence-electron chi connectivity index (χ1n) is 4.95. The Hall–Kier alpha value is -2.05. The van der Waals surface area contributed by atoms with Gasteiger partial charge in [0.1, 0.15) is 0 Å². The number of nitrogens with one attached hydrogen (secondary N) is 2. The molecule has 17 heavy (non-hydrogen) atoms. The van der Waals surface area contributed by atoms with Crippen molar-refractivity contribution in [2.45, 2.75) is 0 Å². The van der Waals surface area contributed by atoms with Crippen LogP contribution in [-0.2, 0) is 0 Å². The van der Waals surface area contributed by atoms with E-state index in [1.807, 2.05) is 36.4 Å². The highest BCUT2D eigenvalue weighted by Crippen LogP contribution is 2.10. The summed E-state index contributed by atoms with van der Waals surface area (Å²) in [5.41, 5.74) is 6.49. The average Bonchev–Trinajstić information content (AvgIpc) is 2.38. The fourth-order valence-electron chi connectivity index (χ4n) is 1.34. The van der Waals surface area contributed by atoms with E-state index in [0.29, 0.717) is 0 Å². The number of pyridine rings is 1. The highest BCUT2D eigenvalue weighted by molar-refractivity contribution is 7.80. The predicted octanol–water partition coefficient (Wildman–Crippen LogP) is 0.907. The molecule has 0 unspecified atom stereocenters. The quantitative estimate of drug-likeness (QED) is 0.317. The second kappa shape index (κ2) is 5.33. The number of nitrogens with zero attached hydrogens (tertiary/aromatic N) is 2. The first-order chi connectivity index (χ1) is 8.29. The van der Waals surface area contributed by atoms with Crippen molar-refractivity contribution in [2.24, 2.45) is 10.9 Å². The number of para-hydroxylation sites is 1. The van der Waals surface area contributed by atoms with E-state index in [9.17, 15) is 0 Å². The molecule has 0 saturated heterocycles. The zero-order valence-electron chi connectivity index (χ0n) is 8.92. The average molecular weight is 245 g/mol. The molecule has 0 saturated carbocycles. The van der Waals surface area contributed by atoms with E-state index < -0.39 is 0 Å². The Bertz CT molecular complexity index is 567. The van der Waals surface area contributed by atoms with Crippen molar-refractivity contribution in [1.82, 2.24) is 15.8 Å². The van der Waals surface area contributed by atoms with Gasteiger partial charge < -0.3 is 0 Å². The van der Waals surface area contributed by atoms with Crippen molar-refractivity contribution in [1.29, 1.82) is 0 Å². The third kappa shape index (κ3) is 2.96. The summed E-state index contributed by atoms with van der Waals surface area (Å²) >= 11 is 4.77. The minimum absolute atomic E-state index is 0.252. The van der Waals surface area contributed by atoms with Gasteiger partial charge in [-0.3, -0.25) is 10.9 Å². The number of aromatic nitrogens is 1. The van der Waals surface area contributed by atoms with Gasteiger partial charge in [-0.2, -0.15) is 5.10 Å². The number of hydrogen-bond donors (Lipinski definition) is 3. The van der Waals surface area contributed by atoms with Gasteiger partial charge >= 0.3 is 0 Å². The summed E-state index contributed by atoms with van der Waals surface area (Å²) in [6.45, 7) is 0. The van der Waals surface area contributed by atoms with Crippen LogP contribution in [0.1, 0.15) is 5.69 Å². The minimum Gasteiger partial charge on any atom is -0.300 e. The van der Waals surface area contributed by atoms with Crippen molar-refractivity contribution in [2.75, 3.05) is 0 Å². The maximum absolute atomic E-state index is 5.08. The van der Waals surface area contributed by atoms with Crippen LogP contribution >= 0.6 is 12.2 Å². The minimum atomic E-state index is 0.252. The summed E-state index contributed by atoms with van der Waals surface area (Å²) in [7, 11) is 0. The topological polar surface area (TPSA) is 75.3 Å². The van der Waals surface area contributed by atoms with Crippen LogP contribution in [0, 0.1) is 0 Å². The van der Waals surface area contributed by atoms with Crippen LogP contribution < -0.4 is 16.7 Å². The summed E-state index contributed by atoms with van der Waals surface area (Å²) in [5.74, 6) is 5.08. The van der Waals surface area contributed by atoms with Crippen molar-refractivity contribution < 1.29 is 0 Å². The molecule has 0 aliphatic heterocycles. The number of rotatable bonds is 2. The molecule has 0 amide bonds. The molecule has 0 bridgehead atoms. The van der Waals surface area contributed by atoms with E-state index in [2.05, 4.69) is 20.9 Å². The lowest BCUT2D eigenvalue weighted by Crippen LogP contribution is -2.37. The molecule has 1 aromatic carbocycles. The largest absolute Gasteiger partial charge is 0.300 e. The second-order valence-electron chi connectivity index (χ2n) is 3.27. The lowest BCUT2D eigenvalue weighted by Gasteiger charge is -2.00. The Labute approximate surface area is 104 Å². The SMILES string of the molecule is NNC(=S)NN=Cc1ccc2ccccc2n1. The van der Waals surface area contributed by atoms with E-state index in [4.69, 9.17) is 18.1 Å². The summed E-state index contributed by atoms with van der Waals surface area (Å²) in [4.78, 5) is 4.41. The van der Waals surface area contributed by atoms with E-state index in [1.54, 1.807) is 6.21 Å². The molecule has 4 N–H and O–H groups in total.